The number of rotatable bonds is 2. The van der Waals surface area contributed by atoms with E-state index in [2.05, 4.69) is 97.1 Å². The third-order valence-electron chi connectivity index (χ3n) is 5.52. The van der Waals surface area contributed by atoms with E-state index >= 15 is 0 Å². The van der Waals surface area contributed by atoms with Gasteiger partial charge in [-0.25, -0.2) is 0 Å². The molecule has 0 saturated heterocycles. The van der Waals surface area contributed by atoms with Crippen molar-refractivity contribution < 1.29 is 4.57 Å². The van der Waals surface area contributed by atoms with E-state index in [9.17, 15) is 0 Å². The molecule has 0 atom stereocenters. The van der Waals surface area contributed by atoms with Crippen molar-refractivity contribution in [1.82, 2.24) is 0 Å². The minimum Gasteiger partial charge on any atom is -0.483 e. The summed E-state index contributed by atoms with van der Waals surface area (Å²) in [6, 6.07) is 34.5. The van der Waals surface area contributed by atoms with Gasteiger partial charge in [-0.15, -0.1) is 0 Å². The Labute approximate surface area is 180 Å². The zero-order chi connectivity index (χ0) is 19.2. The predicted molar refractivity (Wildman–Crippen MR) is 125 cm³/mol. The van der Waals surface area contributed by atoms with Crippen LogP contribution in [0.1, 0.15) is 0 Å². The van der Waals surface area contributed by atoms with Crippen molar-refractivity contribution in [3.05, 3.63) is 97.1 Å². The predicted octanol–water partition coefficient (Wildman–Crippen LogP) is 3.54. The highest BCUT2D eigenvalue weighted by atomic mass is 32.2. The Morgan fingerprint density at radius 3 is 1.00 bits per heavy atom. The summed E-state index contributed by atoms with van der Waals surface area (Å²) in [5.41, 5.74) is 5.02. The van der Waals surface area contributed by atoms with Crippen LogP contribution in [-0.4, -0.2) is 13.8 Å². The molecule has 136 valence electrons. The molecule has 0 N–H and O–H groups in total. The molecule has 6 rings (SSSR count). The molecular weight excluding hydrogens is 390 g/mol. The number of fused-ring (bicyclic) bond motifs is 4. The Bertz CT molecular complexity index is 1040. The highest BCUT2D eigenvalue weighted by Crippen LogP contribution is 2.32. The summed E-state index contributed by atoms with van der Waals surface area (Å²) in [6.45, 7) is -0.171. The van der Waals surface area contributed by atoms with E-state index in [0.717, 1.165) is 0 Å². The lowest BCUT2D eigenvalue weighted by atomic mass is 9.47. The quantitative estimate of drug-likeness (QED) is 0.472. The van der Waals surface area contributed by atoms with Crippen LogP contribution in [0.5, 0.6) is 0 Å². The summed E-state index contributed by atoms with van der Waals surface area (Å²) in [5.74, 6) is 0. The van der Waals surface area contributed by atoms with Crippen LogP contribution >= 0.6 is 23.5 Å². The fourth-order valence-electron chi connectivity index (χ4n) is 4.16. The van der Waals surface area contributed by atoms with Gasteiger partial charge in [0.25, 0.3) is 0 Å². The zero-order valence-corrected chi connectivity index (χ0v) is 17.3. The van der Waals surface area contributed by atoms with Gasteiger partial charge in [-0.05, 0) is 46.1 Å². The second kappa shape index (κ2) is 7.17. The average molecular weight is 406 g/mol. The molecule has 0 radical (unpaired) electrons. The van der Waals surface area contributed by atoms with Crippen LogP contribution in [-0.2, 0) is 4.57 Å². The van der Waals surface area contributed by atoms with Crippen molar-refractivity contribution in [2.24, 2.45) is 0 Å². The average Bonchev–Trinajstić information content (AvgIpc) is 2.78. The first-order chi connectivity index (χ1) is 14.4. The van der Waals surface area contributed by atoms with Crippen molar-refractivity contribution in [3.8, 4) is 0 Å². The lowest BCUT2D eigenvalue weighted by molar-refractivity contribution is 0.629. The molecule has 0 fully saturated rings. The molecule has 0 bridgehead atoms. The molecule has 4 aromatic rings. The molecule has 0 spiro atoms. The smallest absolute Gasteiger partial charge is 0.349 e. The Hall–Kier alpha value is -2.33. The molecule has 29 heavy (non-hydrogen) atoms. The Kier molecular flexibility index (Phi) is 4.33. The first-order valence-corrected chi connectivity index (χ1v) is 11.4. The van der Waals surface area contributed by atoms with Crippen LogP contribution < -0.4 is 21.9 Å². The molecule has 0 aliphatic carbocycles. The van der Waals surface area contributed by atoms with E-state index in [1.165, 1.54) is 41.4 Å². The van der Waals surface area contributed by atoms with E-state index in [4.69, 9.17) is 4.57 Å². The van der Waals surface area contributed by atoms with E-state index in [-0.39, 0.29) is 13.8 Å². The van der Waals surface area contributed by atoms with E-state index < -0.39 is 0 Å². The van der Waals surface area contributed by atoms with E-state index in [1.807, 2.05) is 23.5 Å². The fraction of sp³-hybridized carbons (Fsp3) is 0. The van der Waals surface area contributed by atoms with Crippen molar-refractivity contribution in [2.75, 3.05) is 0 Å². The van der Waals surface area contributed by atoms with Crippen LogP contribution in [0.15, 0.2) is 117 Å². The van der Waals surface area contributed by atoms with Gasteiger partial charge in [-0.3, -0.25) is 0 Å². The summed E-state index contributed by atoms with van der Waals surface area (Å²) < 4.78 is 7.01. The highest BCUT2D eigenvalue weighted by molar-refractivity contribution is 8.00. The molecule has 2 heterocycles. The summed E-state index contributed by atoms with van der Waals surface area (Å²) in [7, 11) is 0. The van der Waals surface area contributed by atoms with Crippen LogP contribution in [0, 0.1) is 0 Å². The lowest BCUT2D eigenvalue weighted by Crippen LogP contribution is -2.59. The van der Waals surface area contributed by atoms with Gasteiger partial charge in [-0.1, -0.05) is 96.3 Å². The molecule has 1 nitrogen and oxygen atoms in total. The maximum atomic E-state index is 7.01. The monoisotopic (exact) mass is 406 g/mol. The van der Waals surface area contributed by atoms with Gasteiger partial charge in [0, 0.05) is 19.6 Å². The maximum Gasteiger partial charge on any atom is 0.349 e. The minimum atomic E-state index is -0.0853. The topological polar surface area (TPSA) is 9.23 Å². The Morgan fingerprint density at radius 2 is 0.690 bits per heavy atom. The first kappa shape index (κ1) is 17.5. The molecule has 2 aliphatic heterocycles. The molecule has 5 heteroatoms. The largest absolute Gasteiger partial charge is 0.483 e. The standard InChI is InChI=1S/C24H16B2OS2/c1-5-13-21-17(9-1)25(18-10-2-6-14-22(18)28-21)27-26-19-11-3-7-15-23(19)29-24-16-8-4-12-20(24)26/h1-16H. The molecule has 2 aliphatic rings. The Balaban J connectivity index is 1.51. The molecule has 0 amide bonds. The van der Waals surface area contributed by atoms with Gasteiger partial charge in [0.1, 0.15) is 0 Å². The first-order valence-electron chi connectivity index (χ1n) is 9.75. The second-order valence-electron chi connectivity index (χ2n) is 7.25. The van der Waals surface area contributed by atoms with Crippen molar-refractivity contribution in [3.63, 3.8) is 0 Å². The summed E-state index contributed by atoms with van der Waals surface area (Å²) in [6.07, 6.45) is 0. The summed E-state index contributed by atoms with van der Waals surface area (Å²) >= 11 is 3.67. The van der Waals surface area contributed by atoms with Crippen LogP contribution in [0.25, 0.3) is 0 Å². The van der Waals surface area contributed by atoms with Crippen molar-refractivity contribution >= 4 is 59.2 Å². The molecule has 0 saturated carbocycles. The third-order valence-corrected chi connectivity index (χ3v) is 7.88. The summed E-state index contributed by atoms with van der Waals surface area (Å²) in [4.78, 5) is 5.12. The van der Waals surface area contributed by atoms with Gasteiger partial charge < -0.3 is 4.57 Å². The summed E-state index contributed by atoms with van der Waals surface area (Å²) in [5, 5.41) is 0. The van der Waals surface area contributed by atoms with E-state index in [0.29, 0.717) is 0 Å². The van der Waals surface area contributed by atoms with Crippen molar-refractivity contribution in [2.45, 2.75) is 19.6 Å². The fourth-order valence-corrected chi connectivity index (χ4v) is 6.39. The maximum absolute atomic E-state index is 7.01. The van der Waals surface area contributed by atoms with Gasteiger partial charge >= 0.3 is 13.8 Å². The van der Waals surface area contributed by atoms with Gasteiger partial charge in [0.2, 0.25) is 0 Å². The normalized spacial score (nSPS) is 13.9. The molecular formula is C24H16B2OS2. The van der Waals surface area contributed by atoms with Crippen LogP contribution in [0.3, 0.4) is 0 Å². The third kappa shape index (κ3) is 2.96. The second-order valence-corrected chi connectivity index (χ2v) is 9.42. The van der Waals surface area contributed by atoms with Crippen LogP contribution in [0.4, 0.5) is 0 Å². The number of hydrogen-bond acceptors (Lipinski definition) is 3. The number of benzene rings is 4. The van der Waals surface area contributed by atoms with Gasteiger partial charge in [-0.2, -0.15) is 0 Å². The molecule has 0 aromatic heterocycles. The van der Waals surface area contributed by atoms with Gasteiger partial charge in [0.05, 0.1) is 0 Å². The van der Waals surface area contributed by atoms with Crippen LogP contribution in [0.2, 0.25) is 0 Å². The Morgan fingerprint density at radius 1 is 0.414 bits per heavy atom. The molecule has 4 aromatic carbocycles. The van der Waals surface area contributed by atoms with Crippen molar-refractivity contribution in [1.29, 1.82) is 0 Å². The SMILES string of the molecule is c1ccc2c(c1)Sc1ccccc1B2OB1c2ccccc2Sc2ccccc21. The zero-order valence-electron chi connectivity index (χ0n) is 15.6. The van der Waals surface area contributed by atoms with Gasteiger partial charge in [0.15, 0.2) is 0 Å². The van der Waals surface area contributed by atoms with E-state index in [1.54, 1.807) is 0 Å². The number of hydrogen-bond donors (Lipinski definition) is 0. The minimum absolute atomic E-state index is 0.0853. The molecule has 0 unspecified atom stereocenters. The lowest BCUT2D eigenvalue weighted by Gasteiger charge is -2.31. The highest BCUT2D eigenvalue weighted by Gasteiger charge is 2.38.